The fourth-order valence-corrected chi connectivity index (χ4v) is 4.08. The van der Waals surface area contributed by atoms with Crippen molar-refractivity contribution < 1.29 is 17.6 Å². The Kier molecular flexibility index (Phi) is 4.83. The minimum Gasteiger partial charge on any atom is -0.326 e. The van der Waals surface area contributed by atoms with Crippen molar-refractivity contribution in [3.63, 3.8) is 0 Å². The highest BCUT2D eigenvalue weighted by atomic mass is 35.5. The molecule has 0 saturated carbocycles. The van der Waals surface area contributed by atoms with E-state index < -0.39 is 21.9 Å². The molecule has 2 aromatic carbocycles. The lowest BCUT2D eigenvalue weighted by Crippen LogP contribution is -2.36. The van der Waals surface area contributed by atoms with Gasteiger partial charge in [-0.15, -0.1) is 4.40 Å². The number of nitrogens with zero attached hydrogens (tertiary/aromatic N) is 4. The topological polar surface area (TPSA) is 96.7 Å². The average molecular weight is 448 g/mol. The molecule has 1 aliphatic heterocycles. The molecule has 11 heteroatoms. The summed E-state index contributed by atoms with van der Waals surface area (Å²) in [6.07, 6.45) is 1.34. The lowest BCUT2D eigenvalue weighted by Gasteiger charge is -2.23. The molecule has 1 aromatic heterocycles. The fraction of sp³-hybridized carbons (Fsp3) is 0.105. The molecule has 1 N–H and O–H groups in total. The predicted molar refractivity (Wildman–Crippen MR) is 112 cm³/mol. The number of nitrogens with one attached hydrogen (secondary N) is 1. The number of benzene rings is 2. The second-order valence-corrected chi connectivity index (χ2v) is 8.55. The summed E-state index contributed by atoms with van der Waals surface area (Å²) in [5.41, 5.74) is 1.51. The molecule has 0 aliphatic carbocycles. The van der Waals surface area contributed by atoms with Gasteiger partial charge in [-0.2, -0.15) is 8.42 Å². The zero-order chi connectivity index (χ0) is 21.6. The van der Waals surface area contributed by atoms with Crippen LogP contribution in [0.25, 0.3) is 11.0 Å². The van der Waals surface area contributed by atoms with Crippen molar-refractivity contribution in [2.45, 2.75) is 0 Å². The van der Waals surface area contributed by atoms with E-state index in [0.29, 0.717) is 11.3 Å². The molecule has 0 atom stereocenters. The lowest BCUT2D eigenvalue weighted by molar-refractivity contribution is -0.113. The van der Waals surface area contributed by atoms with Crippen molar-refractivity contribution in [1.82, 2.24) is 13.9 Å². The van der Waals surface area contributed by atoms with Gasteiger partial charge in [-0.25, -0.2) is 13.7 Å². The van der Waals surface area contributed by atoms with Gasteiger partial charge in [-0.1, -0.05) is 23.7 Å². The second kappa shape index (κ2) is 7.22. The molecule has 30 heavy (non-hydrogen) atoms. The van der Waals surface area contributed by atoms with E-state index >= 15 is 0 Å². The van der Waals surface area contributed by atoms with Gasteiger partial charge < -0.3 is 9.88 Å². The summed E-state index contributed by atoms with van der Waals surface area (Å²) in [4.78, 5) is 17.2. The average Bonchev–Trinajstić information content (AvgIpc) is 3.03. The Morgan fingerprint density at radius 2 is 1.90 bits per heavy atom. The summed E-state index contributed by atoms with van der Waals surface area (Å²) in [5.74, 6) is -1.07. The summed E-state index contributed by atoms with van der Waals surface area (Å²) in [5, 5.41) is 2.34. The normalized spacial score (nSPS) is 15.7. The van der Waals surface area contributed by atoms with Crippen LogP contribution in [0, 0.1) is 5.82 Å². The number of carbonyl (C=O) groups excluding carboxylic acids is 1. The molecule has 0 bridgehead atoms. The van der Waals surface area contributed by atoms with Gasteiger partial charge in [0.15, 0.2) is 5.82 Å². The molecule has 0 saturated heterocycles. The second-order valence-electron chi connectivity index (χ2n) is 6.52. The van der Waals surface area contributed by atoms with Gasteiger partial charge in [-0.3, -0.25) is 4.79 Å². The van der Waals surface area contributed by atoms with Gasteiger partial charge >= 0.3 is 10.2 Å². The maximum Gasteiger partial charge on any atom is 0.345 e. The minimum atomic E-state index is -4.16. The standard InChI is InChI=1S/C19H15ClFN5O3S/c1-25-16-6-4-3-5-14(16)23-18(25)15-10-17(26(2)30(28,29)24-15)19(27)22-11-7-8-13(21)12(20)9-11/h3-10H,1-2H3,(H,22,27). The number of imidazole rings is 1. The van der Waals surface area contributed by atoms with Gasteiger partial charge in [0.25, 0.3) is 5.91 Å². The molecule has 0 radical (unpaired) electrons. The SMILES string of the molecule is CN1C(C(=O)Nc2ccc(F)c(Cl)c2)=CC(c2nc3ccccc3n2C)=NS1(=O)=O. The summed E-state index contributed by atoms with van der Waals surface area (Å²) < 4.78 is 44.7. The van der Waals surface area contributed by atoms with Gasteiger partial charge in [0.1, 0.15) is 17.2 Å². The van der Waals surface area contributed by atoms with E-state index in [1.54, 1.807) is 17.7 Å². The Balaban J connectivity index is 1.76. The lowest BCUT2D eigenvalue weighted by atomic mass is 10.2. The Morgan fingerprint density at radius 3 is 2.60 bits per heavy atom. The van der Waals surface area contributed by atoms with Crippen LogP contribution in [0.2, 0.25) is 5.02 Å². The van der Waals surface area contributed by atoms with Crippen LogP contribution in [-0.2, 0) is 22.1 Å². The smallest absolute Gasteiger partial charge is 0.326 e. The summed E-state index contributed by atoms with van der Waals surface area (Å²) >= 11 is 5.74. The van der Waals surface area contributed by atoms with Crippen LogP contribution < -0.4 is 5.32 Å². The number of hydrogen-bond acceptors (Lipinski definition) is 4. The highest BCUT2D eigenvalue weighted by Crippen LogP contribution is 2.24. The number of halogens is 2. The zero-order valence-corrected chi connectivity index (χ0v) is 17.4. The third kappa shape index (κ3) is 3.44. The van der Waals surface area contributed by atoms with E-state index in [4.69, 9.17) is 11.6 Å². The van der Waals surface area contributed by atoms with Crippen LogP contribution >= 0.6 is 11.6 Å². The van der Waals surface area contributed by atoms with E-state index in [1.807, 2.05) is 18.2 Å². The van der Waals surface area contributed by atoms with Crippen molar-refractivity contribution in [2.75, 3.05) is 12.4 Å². The number of fused-ring (bicyclic) bond motifs is 1. The first-order chi connectivity index (χ1) is 14.2. The third-order valence-corrected chi connectivity index (χ3v) is 6.20. The number of allylic oxidation sites excluding steroid dienone is 1. The van der Waals surface area contributed by atoms with Gasteiger partial charge in [-0.05, 0) is 36.4 Å². The molecule has 0 unspecified atom stereocenters. The molecule has 8 nitrogen and oxygen atoms in total. The van der Waals surface area contributed by atoms with Crippen LogP contribution in [0.3, 0.4) is 0 Å². The molecule has 0 spiro atoms. The van der Waals surface area contributed by atoms with E-state index in [9.17, 15) is 17.6 Å². The molecule has 2 heterocycles. The molecule has 154 valence electrons. The van der Waals surface area contributed by atoms with Crippen LogP contribution in [-0.4, -0.2) is 40.9 Å². The number of aryl methyl sites for hydroxylation is 1. The van der Waals surface area contributed by atoms with Crippen molar-refractivity contribution in [3.05, 3.63) is 70.9 Å². The monoisotopic (exact) mass is 447 g/mol. The van der Waals surface area contributed by atoms with Crippen LogP contribution in [0.4, 0.5) is 10.1 Å². The van der Waals surface area contributed by atoms with E-state index in [-0.39, 0.29) is 22.1 Å². The summed E-state index contributed by atoms with van der Waals surface area (Å²) in [6.45, 7) is 0. The van der Waals surface area contributed by atoms with Crippen LogP contribution in [0.1, 0.15) is 5.82 Å². The van der Waals surface area contributed by atoms with Gasteiger partial charge in [0, 0.05) is 19.8 Å². The molecular weight excluding hydrogens is 433 g/mol. The molecule has 1 aliphatic rings. The first-order valence-electron chi connectivity index (χ1n) is 8.66. The Bertz CT molecular complexity index is 1360. The molecular formula is C19H15ClFN5O3S. The van der Waals surface area contributed by atoms with E-state index in [2.05, 4.69) is 14.7 Å². The van der Waals surface area contributed by atoms with Crippen molar-refractivity contribution in [1.29, 1.82) is 0 Å². The molecule has 3 aromatic rings. The third-order valence-electron chi connectivity index (χ3n) is 4.60. The maximum atomic E-state index is 13.4. The number of para-hydroxylation sites is 2. The summed E-state index contributed by atoms with van der Waals surface area (Å²) in [6, 6.07) is 10.9. The first kappa shape index (κ1) is 20.0. The van der Waals surface area contributed by atoms with Gasteiger partial charge in [0.2, 0.25) is 0 Å². The highest BCUT2D eigenvalue weighted by Gasteiger charge is 2.31. The molecule has 1 amide bonds. The number of rotatable bonds is 3. The number of hydrogen-bond donors (Lipinski definition) is 1. The van der Waals surface area contributed by atoms with Crippen LogP contribution in [0.5, 0.6) is 0 Å². The number of amides is 1. The minimum absolute atomic E-state index is 0.0223. The number of aromatic nitrogens is 2. The Labute approximate surface area is 176 Å². The molecule has 0 fully saturated rings. The Morgan fingerprint density at radius 1 is 1.17 bits per heavy atom. The maximum absolute atomic E-state index is 13.4. The largest absolute Gasteiger partial charge is 0.345 e. The van der Waals surface area contributed by atoms with E-state index in [1.165, 1.54) is 25.3 Å². The Hall–Kier alpha value is -3.24. The first-order valence-corrected chi connectivity index (χ1v) is 10.4. The van der Waals surface area contributed by atoms with Crippen molar-refractivity contribution in [2.24, 2.45) is 11.4 Å². The van der Waals surface area contributed by atoms with Gasteiger partial charge in [0.05, 0.1) is 16.1 Å². The van der Waals surface area contributed by atoms with Crippen molar-refractivity contribution in [3.8, 4) is 0 Å². The quantitative estimate of drug-likeness (QED) is 0.667. The van der Waals surface area contributed by atoms with E-state index in [0.717, 1.165) is 15.9 Å². The summed E-state index contributed by atoms with van der Waals surface area (Å²) in [7, 11) is -1.22. The number of carbonyl (C=O) groups is 1. The zero-order valence-electron chi connectivity index (χ0n) is 15.8. The van der Waals surface area contributed by atoms with Crippen molar-refractivity contribution >= 4 is 50.1 Å². The highest BCUT2D eigenvalue weighted by molar-refractivity contribution is 7.88. The van der Waals surface area contributed by atoms with Crippen LogP contribution in [0.15, 0.2) is 58.6 Å². The predicted octanol–water partition coefficient (Wildman–Crippen LogP) is 2.87. The fourth-order valence-electron chi connectivity index (χ4n) is 3.01. The number of anilines is 1. The molecule has 4 rings (SSSR count). The number of likely N-dealkylation sites (N-methyl/N-ethyl adjacent to an activating group) is 1.